The molecule has 0 fully saturated rings. The lowest BCUT2D eigenvalue weighted by molar-refractivity contribution is -0.116. The van der Waals surface area contributed by atoms with Crippen LogP contribution in [0.4, 0.5) is 0 Å². The standard InChI is InChI=1S/C15H21NO3S/c1-13(2)12-16-15(17)9-11-20(18,19)10-8-14-6-4-3-5-7-14/h3-7,9,11,13H,8,10,12H2,1-2H3,(H,16,17)/b11-9-. The average Bonchev–Trinajstić information content (AvgIpc) is 2.42. The molecule has 0 heterocycles. The Kier molecular flexibility index (Phi) is 6.45. The van der Waals surface area contributed by atoms with Crippen LogP contribution in [-0.2, 0) is 21.1 Å². The van der Waals surface area contributed by atoms with Gasteiger partial charge in [-0.2, -0.15) is 0 Å². The van der Waals surface area contributed by atoms with Gasteiger partial charge in [-0.05, 0) is 17.9 Å². The van der Waals surface area contributed by atoms with Gasteiger partial charge in [-0.15, -0.1) is 0 Å². The van der Waals surface area contributed by atoms with Gasteiger partial charge in [0.2, 0.25) is 5.91 Å². The first-order chi connectivity index (χ1) is 9.39. The van der Waals surface area contributed by atoms with Crippen LogP contribution in [0.25, 0.3) is 0 Å². The maximum Gasteiger partial charge on any atom is 0.244 e. The smallest absolute Gasteiger partial charge is 0.244 e. The third kappa shape index (κ3) is 7.09. The summed E-state index contributed by atoms with van der Waals surface area (Å²) in [6, 6.07) is 9.40. The Morgan fingerprint density at radius 1 is 1.25 bits per heavy atom. The first-order valence-corrected chi connectivity index (χ1v) is 8.33. The monoisotopic (exact) mass is 295 g/mol. The third-order valence-corrected chi connectivity index (χ3v) is 3.95. The zero-order chi connectivity index (χ0) is 15.0. The van der Waals surface area contributed by atoms with E-state index in [1.165, 1.54) is 0 Å². The maximum atomic E-state index is 11.8. The molecule has 0 aliphatic rings. The summed E-state index contributed by atoms with van der Waals surface area (Å²) in [5.41, 5.74) is 0.966. The van der Waals surface area contributed by atoms with Crippen molar-refractivity contribution in [1.29, 1.82) is 0 Å². The quantitative estimate of drug-likeness (QED) is 0.782. The van der Waals surface area contributed by atoms with Crippen molar-refractivity contribution < 1.29 is 13.2 Å². The summed E-state index contributed by atoms with van der Waals surface area (Å²) in [6.45, 7) is 4.48. The van der Waals surface area contributed by atoms with Crippen LogP contribution in [-0.4, -0.2) is 26.6 Å². The number of carbonyl (C=O) groups is 1. The molecule has 0 aliphatic carbocycles. The fourth-order valence-corrected chi connectivity index (χ4v) is 2.49. The van der Waals surface area contributed by atoms with Crippen LogP contribution in [0.5, 0.6) is 0 Å². The zero-order valence-electron chi connectivity index (χ0n) is 11.9. The highest BCUT2D eigenvalue weighted by Crippen LogP contribution is 2.03. The molecule has 1 amide bonds. The molecule has 110 valence electrons. The van der Waals surface area contributed by atoms with E-state index in [1.807, 2.05) is 44.2 Å². The Bertz CT molecular complexity index is 548. The highest BCUT2D eigenvalue weighted by molar-refractivity contribution is 7.94. The summed E-state index contributed by atoms with van der Waals surface area (Å²) in [5, 5.41) is 3.63. The fourth-order valence-electron chi connectivity index (χ4n) is 1.50. The molecule has 0 unspecified atom stereocenters. The van der Waals surface area contributed by atoms with Gasteiger partial charge in [0.15, 0.2) is 9.84 Å². The molecule has 1 aromatic carbocycles. The summed E-state index contributed by atoms with van der Waals surface area (Å²) in [5.74, 6) is -0.0330. The molecule has 1 N–H and O–H groups in total. The van der Waals surface area contributed by atoms with Crippen LogP contribution in [0, 0.1) is 5.92 Å². The molecule has 0 saturated carbocycles. The van der Waals surface area contributed by atoms with Crippen molar-refractivity contribution in [2.24, 2.45) is 5.92 Å². The number of nitrogens with one attached hydrogen (secondary N) is 1. The van der Waals surface area contributed by atoms with Crippen molar-refractivity contribution in [3.05, 3.63) is 47.4 Å². The number of sulfone groups is 1. The van der Waals surface area contributed by atoms with E-state index in [4.69, 9.17) is 0 Å². The van der Waals surface area contributed by atoms with E-state index in [-0.39, 0.29) is 11.7 Å². The van der Waals surface area contributed by atoms with Crippen LogP contribution < -0.4 is 5.32 Å². The van der Waals surface area contributed by atoms with Gasteiger partial charge in [0.05, 0.1) is 5.75 Å². The van der Waals surface area contributed by atoms with Gasteiger partial charge in [-0.25, -0.2) is 8.42 Å². The average molecular weight is 295 g/mol. The Morgan fingerprint density at radius 2 is 1.90 bits per heavy atom. The molecule has 0 aliphatic heterocycles. The largest absolute Gasteiger partial charge is 0.352 e. The molecule has 0 atom stereocenters. The molecule has 0 spiro atoms. The molecule has 20 heavy (non-hydrogen) atoms. The number of amides is 1. The normalized spacial score (nSPS) is 11.9. The topological polar surface area (TPSA) is 63.2 Å². The van der Waals surface area contributed by atoms with Crippen LogP contribution in [0.15, 0.2) is 41.8 Å². The van der Waals surface area contributed by atoms with E-state index < -0.39 is 9.84 Å². The predicted molar refractivity (Wildman–Crippen MR) is 80.9 cm³/mol. The second kappa shape index (κ2) is 7.85. The molecule has 0 saturated heterocycles. The Labute approximate surface area is 120 Å². The number of rotatable bonds is 7. The number of hydrogen-bond donors (Lipinski definition) is 1. The molecule has 0 aromatic heterocycles. The minimum atomic E-state index is -3.35. The Balaban J connectivity index is 2.47. The lowest BCUT2D eigenvalue weighted by Gasteiger charge is -2.04. The Morgan fingerprint density at radius 3 is 2.50 bits per heavy atom. The number of hydrogen-bond acceptors (Lipinski definition) is 3. The predicted octanol–water partition coefficient (Wildman–Crippen LogP) is 1.93. The lowest BCUT2D eigenvalue weighted by atomic mass is 10.2. The molecule has 0 radical (unpaired) electrons. The van der Waals surface area contributed by atoms with E-state index in [9.17, 15) is 13.2 Å². The molecule has 5 heteroatoms. The summed E-state index contributed by atoms with van der Waals surface area (Å²) in [6.07, 6.45) is 1.53. The van der Waals surface area contributed by atoms with Crippen LogP contribution in [0.2, 0.25) is 0 Å². The lowest BCUT2D eigenvalue weighted by Crippen LogP contribution is -2.25. The molecule has 4 nitrogen and oxygen atoms in total. The van der Waals surface area contributed by atoms with Gasteiger partial charge in [-0.1, -0.05) is 44.2 Å². The van der Waals surface area contributed by atoms with Gasteiger partial charge in [0.1, 0.15) is 0 Å². The van der Waals surface area contributed by atoms with Crippen LogP contribution in [0.1, 0.15) is 19.4 Å². The van der Waals surface area contributed by atoms with E-state index >= 15 is 0 Å². The molecule has 1 rings (SSSR count). The van der Waals surface area contributed by atoms with Crippen molar-refractivity contribution in [2.75, 3.05) is 12.3 Å². The van der Waals surface area contributed by atoms with E-state index in [0.717, 1.165) is 17.0 Å². The fraction of sp³-hybridized carbons (Fsp3) is 0.400. The number of aryl methyl sites for hydroxylation is 1. The molecular weight excluding hydrogens is 274 g/mol. The van der Waals surface area contributed by atoms with Gasteiger partial charge in [0, 0.05) is 18.0 Å². The van der Waals surface area contributed by atoms with Crippen molar-refractivity contribution >= 4 is 15.7 Å². The summed E-state index contributed by atoms with van der Waals surface area (Å²) in [4.78, 5) is 11.4. The summed E-state index contributed by atoms with van der Waals surface area (Å²) >= 11 is 0. The summed E-state index contributed by atoms with van der Waals surface area (Å²) in [7, 11) is -3.35. The molecular formula is C15H21NO3S. The molecule has 1 aromatic rings. The van der Waals surface area contributed by atoms with E-state index in [2.05, 4.69) is 5.32 Å². The van der Waals surface area contributed by atoms with Crippen molar-refractivity contribution in [1.82, 2.24) is 5.32 Å². The second-order valence-electron chi connectivity index (χ2n) is 5.04. The van der Waals surface area contributed by atoms with Crippen molar-refractivity contribution in [2.45, 2.75) is 20.3 Å². The number of benzene rings is 1. The van der Waals surface area contributed by atoms with Crippen molar-refractivity contribution in [3.63, 3.8) is 0 Å². The van der Waals surface area contributed by atoms with Gasteiger partial charge < -0.3 is 5.32 Å². The zero-order valence-corrected chi connectivity index (χ0v) is 12.7. The molecule has 0 bridgehead atoms. The van der Waals surface area contributed by atoms with Crippen molar-refractivity contribution in [3.8, 4) is 0 Å². The van der Waals surface area contributed by atoms with Crippen LogP contribution in [0.3, 0.4) is 0 Å². The van der Waals surface area contributed by atoms with E-state index in [1.54, 1.807) is 0 Å². The summed E-state index contributed by atoms with van der Waals surface area (Å²) < 4.78 is 23.6. The maximum absolute atomic E-state index is 11.8. The highest BCUT2D eigenvalue weighted by atomic mass is 32.2. The second-order valence-corrected chi connectivity index (χ2v) is 7.05. The number of carbonyl (C=O) groups excluding carboxylic acids is 1. The first kappa shape index (κ1) is 16.4. The van der Waals surface area contributed by atoms with Crippen LogP contribution >= 0.6 is 0 Å². The van der Waals surface area contributed by atoms with Gasteiger partial charge in [-0.3, -0.25) is 4.79 Å². The minimum Gasteiger partial charge on any atom is -0.352 e. The van der Waals surface area contributed by atoms with Gasteiger partial charge in [0.25, 0.3) is 0 Å². The highest BCUT2D eigenvalue weighted by Gasteiger charge is 2.07. The van der Waals surface area contributed by atoms with Gasteiger partial charge >= 0.3 is 0 Å². The Hall–Kier alpha value is -1.62. The van der Waals surface area contributed by atoms with E-state index in [0.29, 0.717) is 18.9 Å². The third-order valence-electron chi connectivity index (χ3n) is 2.63. The SMILES string of the molecule is CC(C)CNC(=O)/C=C\S(=O)(=O)CCc1ccccc1. The first-order valence-electron chi connectivity index (χ1n) is 6.61. The minimum absolute atomic E-state index is 0.00493.